The zero-order chi connectivity index (χ0) is 23.0. The molecule has 1 amide bonds. The largest absolute Gasteiger partial charge is 0.463 e. The Morgan fingerprint density at radius 1 is 0.800 bits per heavy atom. The summed E-state index contributed by atoms with van der Waals surface area (Å²) in [6, 6.07) is 0. The number of carbonyl (C=O) groups excluding carboxylic acids is 5. The average molecular weight is 433 g/mol. The summed E-state index contributed by atoms with van der Waals surface area (Å²) in [6.45, 7) is 6.92. The highest BCUT2D eigenvalue weighted by atomic mass is 16.7. The Balaban J connectivity index is 3.30. The van der Waals surface area contributed by atoms with Crippen LogP contribution in [-0.4, -0.2) is 73.3 Å². The van der Waals surface area contributed by atoms with Crippen molar-refractivity contribution >= 4 is 29.8 Å². The highest BCUT2D eigenvalue weighted by molar-refractivity contribution is 5.73. The lowest BCUT2D eigenvalue weighted by Gasteiger charge is -2.44. The maximum absolute atomic E-state index is 11.7. The van der Waals surface area contributed by atoms with Crippen LogP contribution in [0.2, 0.25) is 0 Å². The van der Waals surface area contributed by atoms with Crippen LogP contribution in [0.25, 0.3) is 0 Å². The first-order chi connectivity index (χ1) is 13.9. The molecule has 0 aromatic heterocycles. The second kappa shape index (κ2) is 11.5. The van der Waals surface area contributed by atoms with Crippen LogP contribution in [0.1, 0.15) is 41.5 Å². The molecule has 0 aliphatic carbocycles. The van der Waals surface area contributed by atoms with E-state index in [4.69, 9.17) is 28.4 Å². The number of rotatable bonds is 8. The summed E-state index contributed by atoms with van der Waals surface area (Å²) >= 11 is 0. The molecule has 0 bridgehead atoms. The molecule has 1 rings (SSSR count). The summed E-state index contributed by atoms with van der Waals surface area (Å²) in [6.07, 6.45) is -7.31. The van der Waals surface area contributed by atoms with E-state index < -0.39 is 66.7 Å². The Bertz CT molecular complexity index is 665. The summed E-state index contributed by atoms with van der Waals surface area (Å²) in [4.78, 5) is 57.5. The first-order valence-corrected chi connectivity index (χ1v) is 9.13. The van der Waals surface area contributed by atoms with E-state index in [0.717, 1.165) is 20.8 Å². The van der Waals surface area contributed by atoms with Gasteiger partial charge in [0.25, 0.3) is 0 Å². The van der Waals surface area contributed by atoms with Crippen LogP contribution in [-0.2, 0) is 52.4 Å². The monoisotopic (exact) mass is 433 g/mol. The van der Waals surface area contributed by atoms with Crippen molar-refractivity contribution in [2.75, 3.05) is 6.61 Å². The number of hydrogen-bond donors (Lipinski definition) is 1. The minimum atomic E-state index is -1.35. The second-order valence-electron chi connectivity index (χ2n) is 6.55. The highest BCUT2D eigenvalue weighted by Gasteiger charge is 2.53. The van der Waals surface area contributed by atoms with Crippen LogP contribution in [0.15, 0.2) is 0 Å². The lowest BCUT2D eigenvalue weighted by atomic mass is 9.98. The van der Waals surface area contributed by atoms with E-state index in [2.05, 4.69) is 5.32 Å². The summed E-state index contributed by atoms with van der Waals surface area (Å²) in [5.74, 6) is -3.26. The van der Waals surface area contributed by atoms with Crippen molar-refractivity contribution < 1.29 is 52.4 Å². The summed E-state index contributed by atoms with van der Waals surface area (Å²) < 4.78 is 32.0. The zero-order valence-electron chi connectivity index (χ0n) is 17.7. The van der Waals surface area contributed by atoms with E-state index in [1.807, 2.05) is 0 Å². The Morgan fingerprint density at radius 3 is 1.77 bits per heavy atom. The summed E-state index contributed by atoms with van der Waals surface area (Å²) in [5.41, 5.74) is 0. The molecular weight excluding hydrogens is 406 g/mol. The molecule has 170 valence electrons. The lowest BCUT2D eigenvalue weighted by Crippen LogP contribution is -2.63. The van der Waals surface area contributed by atoms with Gasteiger partial charge in [0.15, 0.2) is 18.3 Å². The second-order valence-corrected chi connectivity index (χ2v) is 6.55. The predicted octanol–water partition coefficient (Wildman–Crippen LogP) is -0.432. The Hall–Kier alpha value is -2.73. The average Bonchev–Trinajstić information content (AvgIpc) is 2.56. The van der Waals surface area contributed by atoms with Crippen molar-refractivity contribution in [3.8, 4) is 0 Å². The number of hydrogen-bond acceptors (Lipinski definition) is 11. The van der Waals surface area contributed by atoms with E-state index in [9.17, 15) is 24.0 Å². The molecule has 1 N–H and O–H groups in total. The van der Waals surface area contributed by atoms with Gasteiger partial charge in [-0.3, -0.25) is 24.0 Å². The lowest BCUT2D eigenvalue weighted by molar-refractivity contribution is -0.317. The molecule has 0 aromatic rings. The number of carbonyl (C=O) groups is 5. The van der Waals surface area contributed by atoms with Crippen molar-refractivity contribution in [1.82, 2.24) is 5.32 Å². The number of esters is 4. The van der Waals surface area contributed by atoms with Gasteiger partial charge in [-0.25, -0.2) is 0 Å². The SMILES string of the molecule is CC(=O)N[C@H](C)O[C@@H]1O[C@H](COC(C)=O)[C@@H](OC(C)=O)[C@H](OC(C)=O)[C@H]1OC(C)=O. The number of amides is 1. The first-order valence-electron chi connectivity index (χ1n) is 9.13. The standard InChI is InChI=1S/C18H27NO11/c1-8(20)19-9(2)26-18-17(29-13(6)24)16(28-12(5)23)15(27-11(4)22)14(30-18)7-25-10(3)21/h9,14-18H,7H2,1-6H3,(H,19,20)/t9-,14+,15+,16-,17+,18+/m0/s1. The predicted molar refractivity (Wildman–Crippen MR) is 96.3 cm³/mol. The van der Waals surface area contributed by atoms with Crippen LogP contribution < -0.4 is 5.32 Å². The molecule has 6 atom stereocenters. The van der Waals surface area contributed by atoms with Crippen LogP contribution in [0, 0.1) is 0 Å². The van der Waals surface area contributed by atoms with Crippen LogP contribution >= 0.6 is 0 Å². The molecule has 0 spiro atoms. The minimum absolute atomic E-state index is 0.369. The van der Waals surface area contributed by atoms with Gasteiger partial charge in [0, 0.05) is 34.6 Å². The van der Waals surface area contributed by atoms with Gasteiger partial charge in [0.05, 0.1) is 0 Å². The van der Waals surface area contributed by atoms with Crippen LogP contribution in [0.4, 0.5) is 0 Å². The molecular formula is C18H27NO11. The summed E-state index contributed by atoms with van der Waals surface area (Å²) in [5, 5.41) is 2.47. The summed E-state index contributed by atoms with van der Waals surface area (Å²) in [7, 11) is 0. The third kappa shape index (κ3) is 8.33. The van der Waals surface area contributed by atoms with Crippen molar-refractivity contribution in [3.63, 3.8) is 0 Å². The van der Waals surface area contributed by atoms with Crippen molar-refractivity contribution in [1.29, 1.82) is 0 Å². The third-order valence-electron chi connectivity index (χ3n) is 3.69. The topological polar surface area (TPSA) is 153 Å². The van der Waals surface area contributed by atoms with Gasteiger partial charge in [-0.05, 0) is 6.92 Å². The molecule has 0 radical (unpaired) electrons. The molecule has 1 heterocycles. The fourth-order valence-electron chi connectivity index (χ4n) is 2.82. The van der Waals surface area contributed by atoms with Gasteiger partial charge in [0.2, 0.25) is 12.2 Å². The van der Waals surface area contributed by atoms with Crippen LogP contribution in [0.3, 0.4) is 0 Å². The third-order valence-corrected chi connectivity index (χ3v) is 3.69. The highest BCUT2D eigenvalue weighted by Crippen LogP contribution is 2.30. The Labute approximate surface area is 173 Å². The molecule has 0 unspecified atom stereocenters. The molecule has 12 nitrogen and oxygen atoms in total. The Kier molecular flexibility index (Phi) is 9.66. The van der Waals surface area contributed by atoms with Gasteiger partial charge in [0.1, 0.15) is 18.9 Å². The molecule has 30 heavy (non-hydrogen) atoms. The van der Waals surface area contributed by atoms with E-state index in [1.165, 1.54) is 20.8 Å². The fraction of sp³-hybridized carbons (Fsp3) is 0.722. The molecule has 1 saturated heterocycles. The van der Waals surface area contributed by atoms with Gasteiger partial charge < -0.3 is 33.7 Å². The number of ether oxygens (including phenoxy) is 6. The van der Waals surface area contributed by atoms with Gasteiger partial charge in [-0.1, -0.05) is 0 Å². The number of nitrogens with one attached hydrogen (secondary N) is 1. The van der Waals surface area contributed by atoms with Crippen molar-refractivity contribution in [3.05, 3.63) is 0 Å². The maximum Gasteiger partial charge on any atom is 0.303 e. The normalized spacial score (nSPS) is 26.7. The molecule has 1 aliphatic heterocycles. The maximum atomic E-state index is 11.7. The van der Waals surface area contributed by atoms with Crippen molar-refractivity contribution in [2.24, 2.45) is 0 Å². The van der Waals surface area contributed by atoms with Gasteiger partial charge in [-0.15, -0.1) is 0 Å². The molecule has 1 fully saturated rings. The van der Waals surface area contributed by atoms with E-state index >= 15 is 0 Å². The first kappa shape index (κ1) is 25.3. The van der Waals surface area contributed by atoms with E-state index in [1.54, 1.807) is 0 Å². The minimum Gasteiger partial charge on any atom is -0.463 e. The molecule has 0 saturated carbocycles. The molecule has 12 heteroatoms. The smallest absolute Gasteiger partial charge is 0.303 e. The van der Waals surface area contributed by atoms with Crippen molar-refractivity contribution in [2.45, 2.75) is 78.5 Å². The zero-order valence-corrected chi connectivity index (χ0v) is 17.7. The van der Waals surface area contributed by atoms with Gasteiger partial charge >= 0.3 is 23.9 Å². The molecule has 0 aromatic carbocycles. The van der Waals surface area contributed by atoms with E-state index in [-0.39, 0.29) is 6.61 Å². The van der Waals surface area contributed by atoms with E-state index in [0.29, 0.717) is 0 Å². The Morgan fingerprint density at radius 2 is 1.30 bits per heavy atom. The fourth-order valence-corrected chi connectivity index (χ4v) is 2.82. The quantitative estimate of drug-likeness (QED) is 0.301. The van der Waals surface area contributed by atoms with Gasteiger partial charge in [-0.2, -0.15) is 0 Å². The van der Waals surface area contributed by atoms with Crippen LogP contribution in [0.5, 0.6) is 0 Å². The molecule has 1 aliphatic rings.